The van der Waals surface area contributed by atoms with Crippen LogP contribution < -0.4 is 11.5 Å². The molecule has 4 aromatic rings. The van der Waals surface area contributed by atoms with E-state index in [-0.39, 0.29) is 25.0 Å². The number of imidazole rings is 1. The fourth-order valence-corrected chi connectivity index (χ4v) is 4.67. The Labute approximate surface area is 219 Å². The van der Waals surface area contributed by atoms with Gasteiger partial charge in [0.25, 0.3) is 0 Å². The number of nitrogens with two attached hydrogens (primary N) is 2. The van der Waals surface area contributed by atoms with Gasteiger partial charge in [0.1, 0.15) is 17.2 Å². The predicted molar refractivity (Wildman–Crippen MR) is 139 cm³/mol. The van der Waals surface area contributed by atoms with Crippen molar-refractivity contribution >= 4 is 28.9 Å². The van der Waals surface area contributed by atoms with Crippen molar-refractivity contribution in [1.29, 1.82) is 0 Å². The maximum atomic E-state index is 12.3. The van der Waals surface area contributed by atoms with E-state index in [0.717, 1.165) is 11.1 Å². The summed E-state index contributed by atoms with van der Waals surface area (Å²) in [6.07, 6.45) is -0.873. The summed E-state index contributed by atoms with van der Waals surface area (Å²) in [5.74, 6) is -0.354. The van der Waals surface area contributed by atoms with Gasteiger partial charge < -0.3 is 30.4 Å². The molecule has 1 aliphatic heterocycles. The Bertz CT molecular complexity index is 1400. The van der Waals surface area contributed by atoms with Crippen LogP contribution in [0.25, 0.3) is 11.2 Å². The number of aromatic nitrogens is 4. The zero-order valence-corrected chi connectivity index (χ0v) is 21.2. The molecule has 0 spiro atoms. The Kier molecular flexibility index (Phi) is 7.23. The number of carbonyl (C=O) groups is 1. The minimum atomic E-state index is -1.00. The highest BCUT2D eigenvalue weighted by Gasteiger charge is 2.56. The van der Waals surface area contributed by atoms with Crippen molar-refractivity contribution in [1.82, 2.24) is 19.5 Å². The Morgan fingerprint density at radius 3 is 2.34 bits per heavy atom. The van der Waals surface area contributed by atoms with Crippen molar-refractivity contribution in [3.05, 3.63) is 78.1 Å². The summed E-state index contributed by atoms with van der Waals surface area (Å²) in [6, 6.07) is 19.6. The molecule has 198 valence electrons. The molecular formula is C27H30N6O5. The molecule has 1 aliphatic rings. The lowest BCUT2D eigenvalue weighted by Crippen LogP contribution is -2.47. The average molecular weight is 519 g/mol. The SMILES string of the molecule is CC(=O)O[C@H]1[C@H](n2cnc3c(N)nc(N)nc32)O[C@](C)(COCc2ccccc2)[C@H]1OCc1ccccc1. The molecule has 3 heterocycles. The second-order valence-electron chi connectivity index (χ2n) is 9.38. The molecule has 0 saturated carbocycles. The summed E-state index contributed by atoms with van der Waals surface area (Å²) in [6.45, 7) is 4.04. The monoisotopic (exact) mass is 518 g/mol. The Balaban J connectivity index is 1.49. The number of nitrogen functional groups attached to an aromatic ring is 2. The third-order valence-corrected chi connectivity index (χ3v) is 6.39. The number of ether oxygens (including phenoxy) is 4. The van der Waals surface area contributed by atoms with E-state index in [1.54, 1.807) is 4.57 Å². The first-order valence-electron chi connectivity index (χ1n) is 12.2. The summed E-state index contributed by atoms with van der Waals surface area (Å²) in [5.41, 5.74) is 13.6. The number of benzene rings is 2. The van der Waals surface area contributed by atoms with E-state index < -0.39 is 30.0 Å². The number of fused-ring (bicyclic) bond motifs is 1. The highest BCUT2D eigenvalue weighted by Crippen LogP contribution is 2.42. The maximum Gasteiger partial charge on any atom is 0.303 e. The van der Waals surface area contributed by atoms with Crippen LogP contribution in [0.4, 0.5) is 11.8 Å². The summed E-state index contributed by atoms with van der Waals surface area (Å²) in [7, 11) is 0. The Morgan fingerprint density at radius 1 is 1.03 bits per heavy atom. The quantitative estimate of drug-likeness (QED) is 0.317. The van der Waals surface area contributed by atoms with Gasteiger partial charge in [0.2, 0.25) is 5.95 Å². The number of carbonyl (C=O) groups excluding carboxylic acids is 1. The molecule has 4 atom stereocenters. The van der Waals surface area contributed by atoms with Gasteiger partial charge in [0.15, 0.2) is 23.8 Å². The maximum absolute atomic E-state index is 12.3. The molecule has 1 saturated heterocycles. The van der Waals surface area contributed by atoms with E-state index in [2.05, 4.69) is 15.0 Å². The van der Waals surface area contributed by atoms with E-state index in [9.17, 15) is 4.79 Å². The van der Waals surface area contributed by atoms with Crippen LogP contribution in [-0.2, 0) is 37.0 Å². The largest absolute Gasteiger partial charge is 0.455 e. The number of hydrogen-bond donors (Lipinski definition) is 2. The second-order valence-corrected chi connectivity index (χ2v) is 9.38. The molecule has 0 bridgehead atoms. The van der Waals surface area contributed by atoms with Gasteiger partial charge in [-0.15, -0.1) is 0 Å². The van der Waals surface area contributed by atoms with Gasteiger partial charge in [-0.2, -0.15) is 9.97 Å². The lowest BCUT2D eigenvalue weighted by atomic mass is 9.97. The third-order valence-electron chi connectivity index (χ3n) is 6.39. The molecule has 5 rings (SSSR count). The van der Waals surface area contributed by atoms with E-state index in [0.29, 0.717) is 17.8 Å². The van der Waals surface area contributed by atoms with E-state index in [1.807, 2.05) is 67.6 Å². The van der Waals surface area contributed by atoms with Gasteiger partial charge in [-0.3, -0.25) is 9.36 Å². The Morgan fingerprint density at radius 2 is 1.68 bits per heavy atom. The molecule has 11 heteroatoms. The lowest BCUT2D eigenvalue weighted by molar-refractivity contribution is -0.158. The summed E-state index contributed by atoms with van der Waals surface area (Å²) in [5, 5.41) is 0. The number of esters is 1. The van der Waals surface area contributed by atoms with Crippen LogP contribution in [0.1, 0.15) is 31.2 Å². The molecule has 11 nitrogen and oxygen atoms in total. The van der Waals surface area contributed by atoms with E-state index in [1.165, 1.54) is 13.3 Å². The van der Waals surface area contributed by atoms with Crippen LogP contribution in [0.5, 0.6) is 0 Å². The first-order valence-corrected chi connectivity index (χ1v) is 12.2. The predicted octanol–water partition coefficient (Wildman–Crippen LogP) is 3.01. The zero-order chi connectivity index (χ0) is 26.7. The first kappa shape index (κ1) is 25.6. The molecule has 4 N–H and O–H groups in total. The zero-order valence-electron chi connectivity index (χ0n) is 21.2. The summed E-state index contributed by atoms with van der Waals surface area (Å²) < 4.78 is 26.6. The van der Waals surface area contributed by atoms with Crippen molar-refractivity contribution in [3.63, 3.8) is 0 Å². The van der Waals surface area contributed by atoms with Crippen molar-refractivity contribution in [2.24, 2.45) is 0 Å². The Hall–Kier alpha value is -4.06. The normalized spacial score (nSPS) is 23.1. The fraction of sp³-hybridized carbons (Fsp3) is 0.333. The van der Waals surface area contributed by atoms with Crippen LogP contribution in [0.15, 0.2) is 67.0 Å². The van der Waals surface area contributed by atoms with Crippen molar-refractivity contribution in [2.45, 2.75) is 51.1 Å². The molecule has 0 radical (unpaired) electrons. The number of anilines is 2. The van der Waals surface area contributed by atoms with Gasteiger partial charge in [-0.1, -0.05) is 60.7 Å². The van der Waals surface area contributed by atoms with Crippen LogP contribution in [-0.4, -0.2) is 49.9 Å². The van der Waals surface area contributed by atoms with E-state index in [4.69, 9.17) is 30.4 Å². The number of hydrogen-bond acceptors (Lipinski definition) is 10. The molecule has 0 aliphatic carbocycles. The highest BCUT2D eigenvalue weighted by molar-refractivity contribution is 5.82. The van der Waals surface area contributed by atoms with Gasteiger partial charge >= 0.3 is 5.97 Å². The topological polar surface area (TPSA) is 150 Å². The van der Waals surface area contributed by atoms with Crippen LogP contribution in [0.2, 0.25) is 0 Å². The van der Waals surface area contributed by atoms with Gasteiger partial charge in [0.05, 0.1) is 26.1 Å². The minimum Gasteiger partial charge on any atom is -0.455 e. The number of nitrogens with zero attached hydrogens (tertiary/aromatic N) is 4. The average Bonchev–Trinajstić information content (AvgIpc) is 3.42. The van der Waals surface area contributed by atoms with Crippen molar-refractivity contribution < 1.29 is 23.7 Å². The standard InChI is InChI=1S/C27H30N6O5/c1-17(34)37-21-22(36-14-19-11-7-4-8-12-19)27(2,15-35-13-18-9-5-3-6-10-18)38-25(21)33-16-30-20-23(28)31-26(29)32-24(20)33/h3-12,16,21-22,25H,13-15H2,1-2H3,(H4,28,29,31,32)/t21-,22+,25-,27-/m1/s1. The molecule has 1 fully saturated rings. The van der Waals surface area contributed by atoms with Crippen molar-refractivity contribution in [2.75, 3.05) is 18.1 Å². The van der Waals surface area contributed by atoms with Crippen LogP contribution in [0, 0.1) is 0 Å². The summed E-state index contributed by atoms with van der Waals surface area (Å²) >= 11 is 0. The van der Waals surface area contributed by atoms with Crippen LogP contribution in [0.3, 0.4) is 0 Å². The third kappa shape index (κ3) is 5.30. The van der Waals surface area contributed by atoms with Gasteiger partial charge in [-0.25, -0.2) is 4.98 Å². The summed E-state index contributed by atoms with van der Waals surface area (Å²) in [4.78, 5) is 24.9. The molecule has 0 unspecified atom stereocenters. The molecule has 0 amide bonds. The van der Waals surface area contributed by atoms with Gasteiger partial charge in [0, 0.05) is 6.92 Å². The van der Waals surface area contributed by atoms with E-state index >= 15 is 0 Å². The minimum absolute atomic E-state index is 0.00961. The van der Waals surface area contributed by atoms with Gasteiger partial charge in [-0.05, 0) is 18.1 Å². The van der Waals surface area contributed by atoms with Crippen molar-refractivity contribution in [3.8, 4) is 0 Å². The second kappa shape index (κ2) is 10.7. The molecule has 38 heavy (non-hydrogen) atoms. The first-order chi connectivity index (χ1) is 18.3. The smallest absolute Gasteiger partial charge is 0.303 e. The highest BCUT2D eigenvalue weighted by atomic mass is 16.6. The molecular weight excluding hydrogens is 488 g/mol. The lowest BCUT2D eigenvalue weighted by Gasteiger charge is -2.31. The molecule has 2 aromatic heterocycles. The fourth-order valence-electron chi connectivity index (χ4n) is 4.67. The molecule has 2 aromatic carbocycles. The van der Waals surface area contributed by atoms with Crippen LogP contribution >= 0.6 is 0 Å². The number of rotatable bonds is 9.